The summed E-state index contributed by atoms with van der Waals surface area (Å²) in [5, 5.41) is 9.05. The van der Waals surface area contributed by atoms with Crippen molar-refractivity contribution in [2.24, 2.45) is 0 Å². The molecule has 2 heterocycles. The maximum atomic E-state index is 13.4. The van der Waals surface area contributed by atoms with Crippen LogP contribution in [0.15, 0.2) is 29.2 Å². The molecule has 2 fully saturated rings. The predicted octanol–water partition coefficient (Wildman–Crippen LogP) is 2.07. The first-order chi connectivity index (χ1) is 12.6. The van der Waals surface area contributed by atoms with Gasteiger partial charge < -0.3 is 5.32 Å². The molecule has 0 aromatic heterocycles. The number of alkyl halides is 3. The van der Waals surface area contributed by atoms with Gasteiger partial charge in [-0.1, -0.05) is 12.1 Å². The second-order valence-corrected chi connectivity index (χ2v) is 10.4. The normalized spacial score (nSPS) is 29.8. The molecule has 1 aromatic carbocycles. The van der Waals surface area contributed by atoms with Gasteiger partial charge in [0.2, 0.25) is 0 Å². The lowest BCUT2D eigenvalue weighted by molar-refractivity contribution is -0.170. The number of nitrogens with one attached hydrogen (secondary N) is 3. The Morgan fingerprint density at radius 1 is 1.26 bits per heavy atom. The molecule has 0 bridgehead atoms. The van der Waals surface area contributed by atoms with Crippen LogP contribution in [0, 0.1) is 0 Å². The van der Waals surface area contributed by atoms with Gasteiger partial charge in [0, 0.05) is 30.6 Å². The van der Waals surface area contributed by atoms with E-state index in [-0.39, 0.29) is 17.5 Å². The SMILES string of the molecule is CS(=O)(=O)c1ccc(C2CNC(C(F)(F)F)C(NCC3CCCS3)N2)cc1. The number of piperazine rings is 1. The van der Waals surface area contributed by atoms with Crippen molar-refractivity contribution in [3.8, 4) is 0 Å². The first-order valence-corrected chi connectivity index (χ1v) is 11.8. The number of halogens is 3. The second-order valence-electron chi connectivity index (χ2n) is 7.01. The van der Waals surface area contributed by atoms with Crippen LogP contribution >= 0.6 is 11.8 Å². The van der Waals surface area contributed by atoms with Crippen molar-refractivity contribution in [3.63, 3.8) is 0 Å². The van der Waals surface area contributed by atoms with Crippen LogP contribution in [-0.2, 0) is 9.84 Å². The lowest BCUT2D eigenvalue weighted by Gasteiger charge is -2.40. The summed E-state index contributed by atoms with van der Waals surface area (Å²) in [6.45, 7) is 0.634. The van der Waals surface area contributed by atoms with Gasteiger partial charge in [-0.05, 0) is 36.3 Å². The van der Waals surface area contributed by atoms with E-state index in [1.54, 1.807) is 23.9 Å². The standard InChI is InChI=1S/C17H24F3N3O2S2/c1-27(24,25)13-6-4-11(5-7-13)14-10-21-15(17(18,19)20)16(23-14)22-9-12-3-2-8-26-12/h4-7,12,14-16,21-23H,2-3,8-10H2,1H3. The molecule has 4 unspecified atom stereocenters. The molecular weight excluding hydrogens is 399 g/mol. The molecule has 27 heavy (non-hydrogen) atoms. The summed E-state index contributed by atoms with van der Waals surface area (Å²) < 4.78 is 63.3. The molecule has 0 aliphatic carbocycles. The molecule has 2 aliphatic heterocycles. The Balaban J connectivity index is 1.70. The summed E-state index contributed by atoms with van der Waals surface area (Å²) in [6, 6.07) is 4.25. The van der Waals surface area contributed by atoms with Gasteiger partial charge in [-0.25, -0.2) is 8.42 Å². The number of benzene rings is 1. The molecule has 0 spiro atoms. The summed E-state index contributed by atoms with van der Waals surface area (Å²) >= 11 is 1.79. The van der Waals surface area contributed by atoms with Gasteiger partial charge in [-0.2, -0.15) is 24.9 Å². The third-order valence-electron chi connectivity index (χ3n) is 4.91. The van der Waals surface area contributed by atoms with Gasteiger partial charge in [0.25, 0.3) is 0 Å². The Morgan fingerprint density at radius 2 is 1.96 bits per heavy atom. The molecule has 0 radical (unpaired) electrons. The van der Waals surface area contributed by atoms with E-state index in [9.17, 15) is 21.6 Å². The fourth-order valence-corrected chi connectivity index (χ4v) is 5.29. The van der Waals surface area contributed by atoms with Crippen LogP contribution in [0.1, 0.15) is 24.4 Å². The average Bonchev–Trinajstić information content (AvgIpc) is 3.12. The average molecular weight is 424 g/mol. The molecule has 2 aliphatic rings. The van der Waals surface area contributed by atoms with Gasteiger partial charge in [0.1, 0.15) is 6.04 Å². The van der Waals surface area contributed by atoms with Crippen LogP contribution in [0.2, 0.25) is 0 Å². The fourth-order valence-electron chi connectivity index (χ4n) is 3.44. The number of thioether (sulfide) groups is 1. The van der Waals surface area contributed by atoms with E-state index in [1.165, 1.54) is 12.1 Å². The van der Waals surface area contributed by atoms with E-state index in [0.717, 1.165) is 30.4 Å². The van der Waals surface area contributed by atoms with Crippen molar-refractivity contribution in [3.05, 3.63) is 29.8 Å². The van der Waals surface area contributed by atoms with Gasteiger partial charge >= 0.3 is 6.18 Å². The van der Waals surface area contributed by atoms with Gasteiger partial charge in [-0.3, -0.25) is 10.6 Å². The minimum absolute atomic E-state index is 0.110. The van der Waals surface area contributed by atoms with Crippen LogP contribution in [0.3, 0.4) is 0 Å². The van der Waals surface area contributed by atoms with Crippen molar-refractivity contribution in [2.45, 2.75) is 47.4 Å². The van der Waals surface area contributed by atoms with E-state index < -0.39 is 28.2 Å². The summed E-state index contributed by atoms with van der Waals surface area (Å²) in [5.74, 6) is 1.06. The Kier molecular flexibility index (Phi) is 6.41. The molecule has 4 atom stereocenters. The molecule has 3 rings (SSSR count). The molecular formula is C17H24F3N3O2S2. The third-order valence-corrected chi connectivity index (χ3v) is 7.44. The third kappa shape index (κ3) is 5.38. The fraction of sp³-hybridized carbons (Fsp3) is 0.647. The van der Waals surface area contributed by atoms with Gasteiger partial charge in [-0.15, -0.1) is 0 Å². The first kappa shape index (κ1) is 20.9. The Hall–Kier alpha value is -0.810. The van der Waals surface area contributed by atoms with Crippen molar-refractivity contribution in [1.29, 1.82) is 0 Å². The maximum Gasteiger partial charge on any atom is 0.406 e. The minimum atomic E-state index is -4.36. The number of hydrogen-bond donors (Lipinski definition) is 3. The van der Waals surface area contributed by atoms with E-state index in [4.69, 9.17) is 0 Å². The van der Waals surface area contributed by atoms with Crippen molar-refractivity contribution in [1.82, 2.24) is 16.0 Å². The highest BCUT2D eigenvalue weighted by Gasteiger charge is 2.47. The predicted molar refractivity (Wildman–Crippen MR) is 101 cm³/mol. The zero-order chi connectivity index (χ0) is 19.7. The number of hydrogen-bond acceptors (Lipinski definition) is 6. The zero-order valence-electron chi connectivity index (χ0n) is 14.9. The molecule has 3 N–H and O–H groups in total. The second kappa shape index (κ2) is 8.28. The molecule has 5 nitrogen and oxygen atoms in total. The van der Waals surface area contributed by atoms with Crippen LogP contribution in [0.25, 0.3) is 0 Å². The van der Waals surface area contributed by atoms with Crippen molar-refractivity contribution >= 4 is 21.6 Å². The largest absolute Gasteiger partial charge is 0.406 e. The van der Waals surface area contributed by atoms with Crippen molar-refractivity contribution < 1.29 is 21.6 Å². The lowest BCUT2D eigenvalue weighted by atomic mass is 10.0. The highest BCUT2D eigenvalue weighted by atomic mass is 32.2. The highest BCUT2D eigenvalue weighted by molar-refractivity contribution is 8.00. The Morgan fingerprint density at radius 3 is 2.52 bits per heavy atom. The van der Waals surface area contributed by atoms with Gasteiger partial charge in [0.05, 0.1) is 11.1 Å². The van der Waals surface area contributed by atoms with E-state index >= 15 is 0 Å². The van der Waals surface area contributed by atoms with Crippen LogP contribution in [0.5, 0.6) is 0 Å². The minimum Gasteiger partial charge on any atom is -0.302 e. The summed E-state index contributed by atoms with van der Waals surface area (Å²) in [4.78, 5) is 0.191. The highest BCUT2D eigenvalue weighted by Crippen LogP contribution is 2.29. The van der Waals surface area contributed by atoms with E-state index in [2.05, 4.69) is 16.0 Å². The van der Waals surface area contributed by atoms with Crippen LogP contribution in [-0.4, -0.2) is 57.1 Å². The van der Waals surface area contributed by atoms with Crippen LogP contribution in [0.4, 0.5) is 13.2 Å². The van der Waals surface area contributed by atoms with E-state index in [1.807, 2.05) is 0 Å². The molecule has 2 saturated heterocycles. The molecule has 0 saturated carbocycles. The monoisotopic (exact) mass is 423 g/mol. The van der Waals surface area contributed by atoms with E-state index in [0.29, 0.717) is 11.8 Å². The zero-order valence-corrected chi connectivity index (χ0v) is 16.6. The summed E-state index contributed by atoms with van der Waals surface area (Å²) in [6.07, 6.45) is -2.06. The Labute approximate surface area is 161 Å². The molecule has 0 amide bonds. The smallest absolute Gasteiger partial charge is 0.302 e. The Bertz CT molecular complexity index is 735. The van der Waals surface area contributed by atoms with Crippen LogP contribution < -0.4 is 16.0 Å². The summed E-state index contributed by atoms with van der Waals surface area (Å²) in [5.41, 5.74) is 0.748. The maximum absolute atomic E-state index is 13.4. The molecule has 1 aromatic rings. The number of sulfone groups is 1. The van der Waals surface area contributed by atoms with Crippen molar-refractivity contribution in [2.75, 3.05) is 25.1 Å². The topological polar surface area (TPSA) is 70.2 Å². The molecule has 152 valence electrons. The van der Waals surface area contributed by atoms with Gasteiger partial charge in [0.15, 0.2) is 9.84 Å². The summed E-state index contributed by atoms with van der Waals surface area (Å²) in [7, 11) is -3.31. The molecule has 10 heteroatoms. The first-order valence-electron chi connectivity index (χ1n) is 8.86. The lowest BCUT2D eigenvalue weighted by Crippen LogP contribution is -2.68. The number of rotatable bonds is 5. The quantitative estimate of drug-likeness (QED) is 0.674.